The van der Waals surface area contributed by atoms with Crippen LogP contribution in [-0.4, -0.2) is 45.8 Å². The molecule has 10 nitrogen and oxygen atoms in total. The van der Waals surface area contributed by atoms with E-state index in [4.69, 9.17) is 21.3 Å². The van der Waals surface area contributed by atoms with Gasteiger partial charge in [-0.25, -0.2) is 0 Å². The molecule has 0 saturated heterocycles. The lowest BCUT2D eigenvalue weighted by Gasteiger charge is -2.14. The van der Waals surface area contributed by atoms with Gasteiger partial charge < -0.3 is 37.1 Å². The van der Waals surface area contributed by atoms with Gasteiger partial charge in [-0.1, -0.05) is 53.8 Å². The summed E-state index contributed by atoms with van der Waals surface area (Å²) < 4.78 is 5.56. The predicted octanol–water partition coefficient (Wildman–Crippen LogP) is 2.99. The fraction of sp³-hybridized carbons (Fsp3) is 0.345. The zero-order valence-electron chi connectivity index (χ0n) is 22.5. The van der Waals surface area contributed by atoms with Crippen LogP contribution in [0, 0.1) is 0 Å². The number of nitrogens with two attached hydrogens (primary N) is 2. The van der Waals surface area contributed by atoms with E-state index in [1.54, 1.807) is 12.2 Å². The molecule has 0 aliphatic carbocycles. The van der Waals surface area contributed by atoms with E-state index in [2.05, 4.69) is 20.8 Å². The van der Waals surface area contributed by atoms with Crippen LogP contribution in [0.1, 0.15) is 41.8 Å². The molecular formula is C29H38N6O4S. The number of hydrogen-bond acceptors (Lipinski definition) is 10. The molecule has 2 aromatic carbocycles. The molecule has 1 heterocycles. The van der Waals surface area contributed by atoms with Crippen molar-refractivity contribution in [3.63, 3.8) is 0 Å². The van der Waals surface area contributed by atoms with Crippen molar-refractivity contribution in [3.05, 3.63) is 94.4 Å². The molecule has 1 aromatic heterocycles. The third-order valence-corrected chi connectivity index (χ3v) is 6.63. The van der Waals surface area contributed by atoms with Crippen molar-refractivity contribution in [2.24, 2.45) is 11.5 Å². The molecule has 0 spiro atoms. The van der Waals surface area contributed by atoms with Crippen molar-refractivity contribution >= 4 is 22.4 Å². The molecule has 0 aliphatic heterocycles. The van der Waals surface area contributed by atoms with Crippen LogP contribution in [0.5, 0.6) is 5.75 Å². The van der Waals surface area contributed by atoms with Crippen LogP contribution in [0.2, 0.25) is 0 Å². The average Bonchev–Trinajstić information content (AvgIpc) is 3.37. The molecule has 0 radical (unpaired) electrons. The van der Waals surface area contributed by atoms with Crippen molar-refractivity contribution in [2.45, 2.75) is 51.2 Å². The van der Waals surface area contributed by atoms with Gasteiger partial charge in [0.25, 0.3) is 0 Å². The Morgan fingerprint density at radius 3 is 2.62 bits per heavy atom. The van der Waals surface area contributed by atoms with Crippen LogP contribution in [-0.2, 0) is 24.1 Å². The molecule has 1 atom stereocenters. The highest BCUT2D eigenvalue weighted by molar-refractivity contribution is 7.15. The van der Waals surface area contributed by atoms with E-state index in [1.165, 1.54) is 11.3 Å². The molecule has 40 heavy (non-hydrogen) atoms. The number of carbonyl (C=O) groups excluding carboxylic acids is 1. The summed E-state index contributed by atoms with van der Waals surface area (Å²) in [7, 11) is 0. The number of anilines is 1. The van der Waals surface area contributed by atoms with Gasteiger partial charge in [-0.15, -0.1) is 10.2 Å². The van der Waals surface area contributed by atoms with Gasteiger partial charge in [-0.3, -0.25) is 4.79 Å². The van der Waals surface area contributed by atoms with Crippen molar-refractivity contribution in [2.75, 3.05) is 18.5 Å². The summed E-state index contributed by atoms with van der Waals surface area (Å²) in [5.74, 6) is 0.831. The van der Waals surface area contributed by atoms with Crippen LogP contribution < -0.4 is 26.8 Å². The Morgan fingerprint density at radius 1 is 1.02 bits per heavy atom. The number of aromatic nitrogens is 2. The molecule has 214 valence electrons. The van der Waals surface area contributed by atoms with Gasteiger partial charge in [0.2, 0.25) is 11.0 Å². The zero-order valence-corrected chi connectivity index (χ0v) is 23.3. The number of aliphatic hydroxyl groups is 2. The van der Waals surface area contributed by atoms with E-state index in [9.17, 15) is 9.90 Å². The summed E-state index contributed by atoms with van der Waals surface area (Å²) in [6.07, 6.45) is 6.96. The predicted molar refractivity (Wildman–Crippen MR) is 157 cm³/mol. The molecule has 3 rings (SSSR count). The number of nitrogens with one attached hydrogen (secondary N) is 2. The lowest BCUT2D eigenvalue weighted by molar-refractivity contribution is -0.115. The molecule has 0 fully saturated rings. The highest BCUT2D eigenvalue weighted by atomic mass is 32.1. The summed E-state index contributed by atoms with van der Waals surface area (Å²) in [5.41, 5.74) is 14.6. The number of allylic oxidation sites excluding steroid dienone is 3. The average molecular weight is 567 g/mol. The first-order valence-electron chi connectivity index (χ1n) is 13.3. The van der Waals surface area contributed by atoms with Crippen molar-refractivity contribution in [1.82, 2.24) is 15.5 Å². The largest absolute Gasteiger partial charge is 0.493 e. The molecule has 0 saturated carbocycles. The molecular weight excluding hydrogens is 528 g/mol. The van der Waals surface area contributed by atoms with Gasteiger partial charge >= 0.3 is 0 Å². The second kappa shape index (κ2) is 16.9. The fourth-order valence-corrected chi connectivity index (χ4v) is 4.57. The summed E-state index contributed by atoms with van der Waals surface area (Å²) >= 11 is 1.36. The first-order chi connectivity index (χ1) is 19.4. The molecule has 1 unspecified atom stereocenters. The van der Waals surface area contributed by atoms with Crippen LogP contribution >= 0.6 is 11.3 Å². The minimum absolute atomic E-state index is 0.0742. The van der Waals surface area contributed by atoms with E-state index in [1.807, 2.05) is 54.6 Å². The Bertz CT molecular complexity index is 1250. The summed E-state index contributed by atoms with van der Waals surface area (Å²) in [5, 5.41) is 34.2. The number of nitrogens with zero attached hydrogens (tertiary/aromatic N) is 2. The quantitative estimate of drug-likeness (QED) is 0.0817. The smallest absolute Gasteiger partial charge is 0.230 e. The number of unbranched alkanes of at least 4 members (excludes halogenated alkanes) is 1. The van der Waals surface area contributed by atoms with Gasteiger partial charge in [0.15, 0.2) is 0 Å². The zero-order chi connectivity index (χ0) is 28.6. The van der Waals surface area contributed by atoms with Gasteiger partial charge in [0.05, 0.1) is 18.8 Å². The van der Waals surface area contributed by atoms with E-state index in [-0.39, 0.29) is 18.9 Å². The number of aliphatic hydroxyl groups excluding tert-OH is 2. The lowest BCUT2D eigenvalue weighted by atomic mass is 10.1. The maximum absolute atomic E-state index is 12.5. The van der Waals surface area contributed by atoms with Gasteiger partial charge in [-0.2, -0.15) is 0 Å². The number of hydrogen-bond donors (Lipinski definition) is 6. The van der Waals surface area contributed by atoms with Gasteiger partial charge in [-0.05, 0) is 54.7 Å². The van der Waals surface area contributed by atoms with E-state index in [0.717, 1.165) is 35.4 Å². The van der Waals surface area contributed by atoms with Gasteiger partial charge in [0, 0.05) is 31.6 Å². The van der Waals surface area contributed by atoms with Crippen LogP contribution in [0.3, 0.4) is 0 Å². The Hall–Kier alpha value is -3.93. The molecule has 0 aliphatic rings. The van der Waals surface area contributed by atoms with Crippen molar-refractivity contribution < 1.29 is 19.7 Å². The Labute approximate surface area is 238 Å². The number of rotatable bonds is 17. The molecule has 11 heteroatoms. The maximum Gasteiger partial charge on any atom is 0.230 e. The SMILES string of the molecule is N/C(=C\C=C(/N)NC(O)Cc1ccccc1)CCCCc1nnc(NC(=O)Cc2cccc(OCCCO)c2)s1. The van der Waals surface area contributed by atoms with E-state index < -0.39 is 6.23 Å². The fourth-order valence-electron chi connectivity index (χ4n) is 3.77. The number of ether oxygens (including phenoxy) is 1. The Balaban J connectivity index is 1.34. The Kier molecular flexibility index (Phi) is 12.9. The number of benzene rings is 2. The standard InChI is InChI=1S/C29H38N6O4S/c30-23(14-15-25(31)32-26(37)19-21-8-2-1-3-9-21)11-4-5-13-28-34-35-29(40-28)33-27(38)20-22-10-6-12-24(18-22)39-17-7-16-36/h1-3,6,8-10,12,14-15,18,26,32,36-37H,4-5,7,11,13,16-17,19-20,30-31H2,(H,33,35,38)/b23-14-,25-15+. The van der Waals surface area contributed by atoms with Crippen LogP contribution in [0.4, 0.5) is 5.13 Å². The first-order valence-corrected chi connectivity index (χ1v) is 14.1. The van der Waals surface area contributed by atoms with E-state index in [0.29, 0.717) is 48.3 Å². The minimum atomic E-state index is -0.788. The minimum Gasteiger partial charge on any atom is -0.493 e. The summed E-state index contributed by atoms with van der Waals surface area (Å²) in [6, 6.07) is 17.0. The normalized spacial score (nSPS) is 12.7. The molecule has 8 N–H and O–H groups in total. The summed E-state index contributed by atoms with van der Waals surface area (Å²) in [6.45, 7) is 0.497. The molecule has 3 aromatic rings. The Morgan fingerprint density at radius 2 is 1.82 bits per heavy atom. The second-order valence-corrected chi connectivity index (χ2v) is 10.3. The highest BCUT2D eigenvalue weighted by Crippen LogP contribution is 2.19. The van der Waals surface area contributed by atoms with E-state index >= 15 is 0 Å². The number of aryl methyl sites for hydroxylation is 1. The third kappa shape index (κ3) is 11.9. The van der Waals surface area contributed by atoms with Crippen molar-refractivity contribution in [1.29, 1.82) is 0 Å². The summed E-state index contributed by atoms with van der Waals surface area (Å²) in [4.78, 5) is 12.5. The van der Waals surface area contributed by atoms with Gasteiger partial charge in [0.1, 0.15) is 17.0 Å². The van der Waals surface area contributed by atoms with Crippen LogP contribution in [0.15, 0.2) is 78.3 Å². The third-order valence-electron chi connectivity index (χ3n) is 5.74. The lowest BCUT2D eigenvalue weighted by Crippen LogP contribution is -2.33. The second-order valence-electron chi connectivity index (χ2n) is 9.22. The molecule has 0 bridgehead atoms. The number of carbonyl (C=O) groups is 1. The van der Waals surface area contributed by atoms with Crippen LogP contribution in [0.25, 0.3) is 0 Å². The monoisotopic (exact) mass is 566 g/mol. The molecule has 1 amide bonds. The topological polar surface area (TPSA) is 169 Å². The first kappa shape index (κ1) is 30.6. The number of amides is 1. The highest BCUT2D eigenvalue weighted by Gasteiger charge is 2.10. The van der Waals surface area contributed by atoms with Crippen molar-refractivity contribution in [3.8, 4) is 5.75 Å². The maximum atomic E-state index is 12.5.